The van der Waals surface area contributed by atoms with Crippen LogP contribution in [0.25, 0.3) is 0 Å². The van der Waals surface area contributed by atoms with E-state index >= 15 is 0 Å². The highest BCUT2D eigenvalue weighted by atomic mass is 16.2. The van der Waals surface area contributed by atoms with Crippen molar-refractivity contribution in [3.63, 3.8) is 0 Å². The van der Waals surface area contributed by atoms with Crippen LogP contribution in [0.1, 0.15) is 33.6 Å². The SMILES string of the molecule is CC(C)C(C)C(=O)NC1CCC(=O)NC1=O. The lowest BCUT2D eigenvalue weighted by Crippen LogP contribution is -2.53. The molecule has 0 aliphatic carbocycles. The van der Waals surface area contributed by atoms with Crippen LogP contribution >= 0.6 is 0 Å². The molecule has 1 aliphatic rings. The highest BCUT2D eigenvalue weighted by molar-refractivity contribution is 6.01. The molecule has 2 N–H and O–H groups in total. The maximum absolute atomic E-state index is 11.7. The molecule has 1 fully saturated rings. The van der Waals surface area contributed by atoms with Crippen molar-refractivity contribution in [2.24, 2.45) is 11.8 Å². The number of imide groups is 1. The van der Waals surface area contributed by atoms with Gasteiger partial charge in [-0.25, -0.2) is 0 Å². The zero-order chi connectivity index (χ0) is 12.3. The molecule has 1 rings (SSSR count). The van der Waals surface area contributed by atoms with Gasteiger partial charge >= 0.3 is 0 Å². The van der Waals surface area contributed by atoms with Crippen molar-refractivity contribution in [3.8, 4) is 0 Å². The molecule has 0 aromatic carbocycles. The first kappa shape index (κ1) is 12.7. The molecule has 1 aliphatic heterocycles. The fourth-order valence-corrected chi connectivity index (χ4v) is 1.44. The minimum absolute atomic E-state index is 0.134. The summed E-state index contributed by atoms with van der Waals surface area (Å²) in [6, 6.07) is -0.564. The van der Waals surface area contributed by atoms with Crippen LogP contribution in [0.3, 0.4) is 0 Å². The Balaban J connectivity index is 2.51. The number of rotatable bonds is 3. The second kappa shape index (κ2) is 5.09. The molecular formula is C11H18N2O3. The first-order valence-electron chi connectivity index (χ1n) is 5.56. The van der Waals surface area contributed by atoms with E-state index in [2.05, 4.69) is 10.6 Å². The van der Waals surface area contributed by atoms with Gasteiger partial charge in [-0.2, -0.15) is 0 Å². The summed E-state index contributed by atoms with van der Waals surface area (Å²) in [5.74, 6) is -0.712. The quantitative estimate of drug-likeness (QED) is 0.675. The van der Waals surface area contributed by atoms with Crippen LogP contribution in [0, 0.1) is 11.8 Å². The largest absolute Gasteiger partial charge is 0.344 e. The van der Waals surface area contributed by atoms with E-state index in [1.807, 2.05) is 20.8 Å². The minimum atomic E-state index is -0.564. The molecule has 0 saturated carbocycles. The number of hydrogen-bond acceptors (Lipinski definition) is 3. The second-order valence-electron chi connectivity index (χ2n) is 4.54. The third-order valence-corrected chi connectivity index (χ3v) is 2.97. The van der Waals surface area contributed by atoms with Crippen LogP contribution in [0.2, 0.25) is 0 Å². The Labute approximate surface area is 95.0 Å². The predicted molar refractivity (Wildman–Crippen MR) is 58.3 cm³/mol. The third kappa shape index (κ3) is 3.05. The van der Waals surface area contributed by atoms with E-state index in [0.29, 0.717) is 6.42 Å². The summed E-state index contributed by atoms with van der Waals surface area (Å²) in [5, 5.41) is 4.88. The van der Waals surface area contributed by atoms with E-state index < -0.39 is 11.9 Å². The molecule has 0 bridgehead atoms. The Hall–Kier alpha value is -1.39. The van der Waals surface area contributed by atoms with Gasteiger partial charge in [-0.1, -0.05) is 20.8 Å². The first-order chi connectivity index (χ1) is 7.41. The van der Waals surface area contributed by atoms with Crippen molar-refractivity contribution in [3.05, 3.63) is 0 Å². The van der Waals surface area contributed by atoms with Crippen LogP contribution in [0.5, 0.6) is 0 Å². The summed E-state index contributed by atoms with van der Waals surface area (Å²) >= 11 is 0. The molecule has 5 nitrogen and oxygen atoms in total. The average molecular weight is 226 g/mol. The van der Waals surface area contributed by atoms with Gasteiger partial charge in [0.25, 0.3) is 0 Å². The number of carbonyl (C=O) groups is 3. The van der Waals surface area contributed by atoms with Crippen molar-refractivity contribution in [2.45, 2.75) is 39.7 Å². The maximum Gasteiger partial charge on any atom is 0.249 e. The fourth-order valence-electron chi connectivity index (χ4n) is 1.44. The smallest absolute Gasteiger partial charge is 0.249 e. The Morgan fingerprint density at radius 2 is 2.00 bits per heavy atom. The van der Waals surface area contributed by atoms with E-state index in [-0.39, 0.29) is 30.1 Å². The number of amides is 3. The zero-order valence-corrected chi connectivity index (χ0v) is 9.87. The second-order valence-corrected chi connectivity index (χ2v) is 4.54. The van der Waals surface area contributed by atoms with Gasteiger partial charge in [0, 0.05) is 12.3 Å². The Morgan fingerprint density at radius 1 is 1.38 bits per heavy atom. The normalized spacial score (nSPS) is 22.9. The number of hydrogen-bond donors (Lipinski definition) is 2. The van der Waals surface area contributed by atoms with Gasteiger partial charge in [0.2, 0.25) is 17.7 Å². The van der Waals surface area contributed by atoms with Crippen molar-refractivity contribution >= 4 is 17.7 Å². The first-order valence-corrected chi connectivity index (χ1v) is 5.56. The predicted octanol–water partition coefficient (Wildman–Crippen LogP) is 0.200. The van der Waals surface area contributed by atoms with Gasteiger partial charge in [0.05, 0.1) is 0 Å². The van der Waals surface area contributed by atoms with E-state index in [1.165, 1.54) is 0 Å². The monoisotopic (exact) mass is 226 g/mol. The molecule has 16 heavy (non-hydrogen) atoms. The third-order valence-electron chi connectivity index (χ3n) is 2.97. The van der Waals surface area contributed by atoms with Crippen LogP contribution < -0.4 is 10.6 Å². The van der Waals surface area contributed by atoms with Crippen molar-refractivity contribution in [2.75, 3.05) is 0 Å². The van der Waals surface area contributed by atoms with E-state index in [1.54, 1.807) is 0 Å². The summed E-state index contributed by atoms with van der Waals surface area (Å²) < 4.78 is 0. The standard InChI is InChI=1S/C11H18N2O3/c1-6(2)7(3)10(15)12-8-4-5-9(14)13-11(8)16/h6-8H,4-5H2,1-3H3,(H,12,15)(H,13,14,16). The Bertz CT molecular complexity index is 312. The summed E-state index contributed by atoms with van der Waals surface area (Å²) in [5.41, 5.74) is 0. The number of piperidine rings is 1. The van der Waals surface area contributed by atoms with Crippen LogP contribution in [0.4, 0.5) is 0 Å². The van der Waals surface area contributed by atoms with E-state index in [4.69, 9.17) is 0 Å². The molecule has 0 aromatic heterocycles. The summed E-state index contributed by atoms with van der Waals surface area (Å²) in [6.07, 6.45) is 0.675. The molecule has 1 saturated heterocycles. The van der Waals surface area contributed by atoms with Crippen molar-refractivity contribution in [1.29, 1.82) is 0 Å². The number of nitrogens with one attached hydrogen (secondary N) is 2. The molecule has 0 spiro atoms. The summed E-state index contributed by atoms with van der Waals surface area (Å²) in [7, 11) is 0. The number of carbonyl (C=O) groups excluding carboxylic acids is 3. The van der Waals surface area contributed by atoms with E-state index in [0.717, 1.165) is 0 Å². The summed E-state index contributed by atoms with van der Waals surface area (Å²) in [6.45, 7) is 5.73. The molecular weight excluding hydrogens is 208 g/mol. The summed E-state index contributed by atoms with van der Waals surface area (Å²) in [4.78, 5) is 34.0. The van der Waals surface area contributed by atoms with E-state index in [9.17, 15) is 14.4 Å². The lowest BCUT2D eigenvalue weighted by molar-refractivity contribution is -0.138. The lowest BCUT2D eigenvalue weighted by atomic mass is 9.96. The Kier molecular flexibility index (Phi) is 4.04. The molecule has 0 radical (unpaired) electrons. The van der Waals surface area contributed by atoms with Crippen molar-refractivity contribution < 1.29 is 14.4 Å². The molecule has 5 heteroatoms. The molecule has 2 unspecified atom stereocenters. The minimum Gasteiger partial charge on any atom is -0.344 e. The molecule has 2 atom stereocenters. The molecule has 0 aromatic rings. The topological polar surface area (TPSA) is 75.3 Å². The fraction of sp³-hybridized carbons (Fsp3) is 0.727. The Morgan fingerprint density at radius 3 is 2.50 bits per heavy atom. The molecule has 90 valence electrons. The highest BCUT2D eigenvalue weighted by Gasteiger charge is 2.29. The lowest BCUT2D eigenvalue weighted by Gasteiger charge is -2.24. The van der Waals surface area contributed by atoms with Gasteiger partial charge in [-0.15, -0.1) is 0 Å². The zero-order valence-electron chi connectivity index (χ0n) is 9.87. The van der Waals surface area contributed by atoms with Crippen LogP contribution in [0.15, 0.2) is 0 Å². The maximum atomic E-state index is 11.7. The molecule has 1 heterocycles. The highest BCUT2D eigenvalue weighted by Crippen LogP contribution is 2.11. The van der Waals surface area contributed by atoms with Gasteiger partial charge in [-0.3, -0.25) is 19.7 Å². The van der Waals surface area contributed by atoms with Gasteiger partial charge in [0.15, 0.2) is 0 Å². The molecule has 3 amide bonds. The van der Waals surface area contributed by atoms with Gasteiger partial charge in [0.1, 0.15) is 6.04 Å². The van der Waals surface area contributed by atoms with Gasteiger partial charge < -0.3 is 5.32 Å². The van der Waals surface area contributed by atoms with Gasteiger partial charge in [-0.05, 0) is 12.3 Å². The van der Waals surface area contributed by atoms with Crippen LogP contribution in [-0.2, 0) is 14.4 Å². The van der Waals surface area contributed by atoms with Crippen LogP contribution in [-0.4, -0.2) is 23.8 Å². The average Bonchev–Trinajstić information content (AvgIpc) is 2.20. The van der Waals surface area contributed by atoms with Crippen molar-refractivity contribution in [1.82, 2.24) is 10.6 Å².